The maximum absolute atomic E-state index is 11.5. The lowest BCUT2D eigenvalue weighted by molar-refractivity contribution is -0.131. The maximum Gasteiger partial charge on any atom is 0.508 e. The van der Waals surface area contributed by atoms with Gasteiger partial charge >= 0.3 is 6.16 Å². The third-order valence-electron chi connectivity index (χ3n) is 13.0. The van der Waals surface area contributed by atoms with Crippen LogP contribution in [0.2, 0.25) is 0 Å². The normalized spacial score (nSPS) is 54.0. The van der Waals surface area contributed by atoms with E-state index >= 15 is 0 Å². The predicted molar refractivity (Wildman–Crippen MR) is 134 cm³/mol. The molecule has 1 aliphatic heterocycles. The molecule has 198 valence electrons. The first-order chi connectivity index (χ1) is 16.6. The summed E-state index contributed by atoms with van der Waals surface area (Å²) in [6.45, 7) is 10.1. The van der Waals surface area contributed by atoms with Gasteiger partial charge in [0, 0.05) is 0 Å². The van der Waals surface area contributed by atoms with Crippen LogP contribution in [0.5, 0.6) is 0 Å². The Hall–Kier alpha value is -0.810. The van der Waals surface area contributed by atoms with E-state index in [-0.39, 0.29) is 23.7 Å². The molecule has 0 aromatic rings. The van der Waals surface area contributed by atoms with Crippen LogP contribution in [-0.4, -0.2) is 43.3 Å². The highest BCUT2D eigenvalue weighted by Crippen LogP contribution is 2.85. The van der Waals surface area contributed by atoms with Gasteiger partial charge in [0.05, 0.1) is 25.4 Å². The summed E-state index contributed by atoms with van der Waals surface area (Å²) in [4.78, 5) is 11.5. The molecule has 6 fully saturated rings. The van der Waals surface area contributed by atoms with Gasteiger partial charge in [-0.25, -0.2) is 4.79 Å². The SMILES string of the molecule is COC(=O)OCC1C[C@@H](C)C2C(CC3C4CCC5C(C)(C)C(O)CCCC56CC46CCCC32C)O1. The van der Waals surface area contributed by atoms with Crippen molar-refractivity contribution in [1.29, 1.82) is 0 Å². The van der Waals surface area contributed by atoms with Gasteiger partial charge in [0.2, 0.25) is 0 Å². The molecule has 0 aromatic heterocycles. The Morgan fingerprint density at radius 2 is 1.77 bits per heavy atom. The Labute approximate surface area is 212 Å². The quantitative estimate of drug-likeness (QED) is 0.458. The third-order valence-corrected chi connectivity index (χ3v) is 13.0. The van der Waals surface area contributed by atoms with Gasteiger partial charge in [-0.2, -0.15) is 0 Å². The lowest BCUT2D eigenvalue weighted by Crippen LogP contribution is -2.47. The number of aliphatic hydroxyl groups is 1. The average Bonchev–Trinajstić information content (AvgIpc) is 3.43. The number of hydrogen-bond acceptors (Lipinski definition) is 5. The van der Waals surface area contributed by atoms with Crippen LogP contribution in [0.3, 0.4) is 0 Å². The summed E-state index contributed by atoms with van der Waals surface area (Å²) >= 11 is 0. The lowest BCUT2D eigenvalue weighted by atomic mass is 9.53. The molecular formula is C30H48O5. The maximum atomic E-state index is 11.5. The standard InChI is InChI=1S/C30H48O5/c1-18-14-19(16-34-26(32)33-5)35-22-15-21-20-9-10-23-27(2,3)24(31)8-6-12-30(23)17-29(20,30)13-7-11-28(21,4)25(18)22/h18-25,31H,6-17H2,1-5H3/t18-,19?,20?,21?,22?,23?,24?,25?,28?,29?,30?/m1/s1. The molecule has 6 rings (SSSR count). The summed E-state index contributed by atoms with van der Waals surface area (Å²) < 4.78 is 16.7. The second-order valence-electron chi connectivity index (χ2n) is 14.5. The van der Waals surface area contributed by atoms with Crippen molar-refractivity contribution in [2.45, 2.75) is 117 Å². The highest BCUT2D eigenvalue weighted by Gasteiger charge is 2.78. The van der Waals surface area contributed by atoms with Gasteiger partial charge < -0.3 is 19.3 Å². The van der Waals surface area contributed by atoms with Gasteiger partial charge in [-0.05, 0) is 109 Å². The van der Waals surface area contributed by atoms with E-state index < -0.39 is 6.16 Å². The van der Waals surface area contributed by atoms with E-state index in [1.165, 1.54) is 64.9 Å². The molecule has 10 unspecified atom stereocenters. The minimum atomic E-state index is -0.610. The van der Waals surface area contributed by atoms with Gasteiger partial charge in [-0.1, -0.05) is 40.5 Å². The third kappa shape index (κ3) is 3.28. The molecule has 0 aromatic carbocycles. The fourth-order valence-electron chi connectivity index (χ4n) is 11.8. The van der Waals surface area contributed by atoms with E-state index in [1.54, 1.807) is 0 Å². The van der Waals surface area contributed by atoms with E-state index in [0.29, 0.717) is 40.6 Å². The topological polar surface area (TPSA) is 65.0 Å². The minimum absolute atomic E-state index is 0.0163. The van der Waals surface area contributed by atoms with Crippen molar-refractivity contribution in [3.05, 3.63) is 0 Å². The smallest absolute Gasteiger partial charge is 0.438 e. The van der Waals surface area contributed by atoms with Gasteiger partial charge in [0.25, 0.3) is 0 Å². The Morgan fingerprint density at radius 1 is 1.00 bits per heavy atom. The van der Waals surface area contributed by atoms with E-state index in [1.807, 2.05) is 0 Å². The van der Waals surface area contributed by atoms with Gasteiger partial charge in [-0.15, -0.1) is 0 Å². The molecule has 0 amide bonds. The summed E-state index contributed by atoms with van der Waals surface area (Å²) in [7, 11) is 1.36. The Balaban J connectivity index is 1.27. The largest absolute Gasteiger partial charge is 0.508 e. The molecule has 6 aliphatic rings. The van der Waals surface area contributed by atoms with E-state index in [9.17, 15) is 9.90 Å². The zero-order valence-corrected chi connectivity index (χ0v) is 22.7. The number of ether oxygens (including phenoxy) is 3. The molecule has 2 spiro atoms. The minimum Gasteiger partial charge on any atom is -0.438 e. The lowest BCUT2D eigenvalue weighted by Gasteiger charge is -2.51. The molecular weight excluding hydrogens is 440 g/mol. The highest BCUT2D eigenvalue weighted by molar-refractivity contribution is 5.59. The number of aliphatic hydroxyl groups excluding tert-OH is 1. The molecule has 1 N–H and O–H groups in total. The Kier molecular flexibility index (Phi) is 5.67. The first kappa shape index (κ1) is 24.5. The van der Waals surface area contributed by atoms with Crippen molar-refractivity contribution in [2.75, 3.05) is 13.7 Å². The second-order valence-corrected chi connectivity index (χ2v) is 14.5. The van der Waals surface area contributed by atoms with Crippen LogP contribution in [0.25, 0.3) is 0 Å². The van der Waals surface area contributed by atoms with Crippen molar-refractivity contribution in [3.63, 3.8) is 0 Å². The summed E-state index contributed by atoms with van der Waals surface area (Å²) in [5.74, 6) is 3.41. The van der Waals surface area contributed by atoms with Crippen LogP contribution in [0.15, 0.2) is 0 Å². The van der Waals surface area contributed by atoms with Crippen LogP contribution in [0, 0.1) is 51.2 Å². The van der Waals surface area contributed by atoms with Crippen molar-refractivity contribution in [3.8, 4) is 0 Å². The molecule has 0 radical (unpaired) electrons. The Morgan fingerprint density at radius 3 is 2.54 bits per heavy atom. The average molecular weight is 489 g/mol. The Bertz CT molecular complexity index is 856. The first-order valence-corrected chi connectivity index (χ1v) is 14.6. The van der Waals surface area contributed by atoms with E-state index in [2.05, 4.69) is 32.4 Å². The summed E-state index contributed by atoms with van der Waals surface area (Å²) in [6, 6.07) is 0. The number of rotatable bonds is 2. The van der Waals surface area contributed by atoms with Crippen molar-refractivity contribution in [2.24, 2.45) is 51.2 Å². The molecule has 1 heterocycles. The molecule has 5 nitrogen and oxygen atoms in total. The van der Waals surface area contributed by atoms with Crippen LogP contribution in [0.1, 0.15) is 98.3 Å². The predicted octanol–water partition coefficient (Wildman–Crippen LogP) is 6.36. The van der Waals surface area contributed by atoms with Crippen molar-refractivity contribution < 1.29 is 24.1 Å². The molecule has 1 saturated heterocycles. The number of hydrogen-bond donors (Lipinski definition) is 1. The van der Waals surface area contributed by atoms with Crippen LogP contribution in [-0.2, 0) is 14.2 Å². The molecule has 5 heteroatoms. The van der Waals surface area contributed by atoms with Crippen LogP contribution in [0.4, 0.5) is 4.79 Å². The van der Waals surface area contributed by atoms with Crippen LogP contribution < -0.4 is 0 Å². The fraction of sp³-hybridized carbons (Fsp3) is 0.967. The van der Waals surface area contributed by atoms with Gasteiger partial charge in [-0.3, -0.25) is 0 Å². The number of carbonyl (C=O) groups is 1. The molecule has 5 aliphatic carbocycles. The number of fused-ring (bicyclic) bond motifs is 4. The summed E-state index contributed by atoms with van der Waals surface area (Å²) in [5, 5.41) is 11.1. The van der Waals surface area contributed by atoms with E-state index in [4.69, 9.17) is 9.47 Å². The summed E-state index contributed by atoms with van der Waals surface area (Å²) in [6.07, 6.45) is 13.3. The number of carbonyl (C=O) groups excluding carboxylic acids is 1. The molecule has 5 saturated carbocycles. The van der Waals surface area contributed by atoms with Gasteiger partial charge in [0.15, 0.2) is 0 Å². The van der Waals surface area contributed by atoms with Crippen molar-refractivity contribution in [1.82, 2.24) is 0 Å². The fourth-order valence-corrected chi connectivity index (χ4v) is 11.8. The van der Waals surface area contributed by atoms with Crippen molar-refractivity contribution >= 4 is 6.16 Å². The van der Waals surface area contributed by atoms with E-state index in [0.717, 1.165) is 24.7 Å². The monoisotopic (exact) mass is 488 g/mol. The summed E-state index contributed by atoms with van der Waals surface area (Å²) in [5.41, 5.74) is 1.36. The molecule has 35 heavy (non-hydrogen) atoms. The highest BCUT2D eigenvalue weighted by atomic mass is 16.7. The zero-order valence-electron chi connectivity index (χ0n) is 22.7. The van der Waals surface area contributed by atoms with Gasteiger partial charge in [0.1, 0.15) is 6.61 Å². The van der Waals surface area contributed by atoms with Crippen LogP contribution >= 0.6 is 0 Å². The first-order valence-electron chi connectivity index (χ1n) is 14.6. The number of methoxy groups -OCH3 is 1. The molecule has 0 bridgehead atoms. The second kappa shape index (κ2) is 8.09. The zero-order chi connectivity index (χ0) is 24.8. The molecule has 11 atom stereocenters.